The van der Waals surface area contributed by atoms with Crippen LogP contribution in [0.2, 0.25) is 10.0 Å². The summed E-state index contributed by atoms with van der Waals surface area (Å²) in [6.07, 6.45) is 3.55. The van der Waals surface area contributed by atoms with Gasteiger partial charge in [0, 0.05) is 22.3 Å². The Kier molecular flexibility index (Phi) is 3.95. The molecule has 5 heteroatoms. The van der Waals surface area contributed by atoms with E-state index in [0.29, 0.717) is 10.0 Å². The van der Waals surface area contributed by atoms with Crippen LogP contribution in [0.15, 0.2) is 30.7 Å². The Labute approximate surface area is 117 Å². The Morgan fingerprint density at radius 3 is 2.61 bits per heavy atom. The van der Waals surface area contributed by atoms with Gasteiger partial charge in [-0.25, -0.2) is 4.98 Å². The fraction of sp³-hybridized carbons (Fsp3) is 0.308. The normalized spacial score (nSPS) is 14.5. The summed E-state index contributed by atoms with van der Waals surface area (Å²) in [7, 11) is 0. The molecule has 96 valence electrons. The molecule has 2 N–H and O–H groups in total. The lowest BCUT2D eigenvalue weighted by Gasteiger charge is -2.19. The third-order valence-electron chi connectivity index (χ3n) is 2.99. The first kappa shape index (κ1) is 13.4. The molecule has 3 nitrogen and oxygen atoms in total. The number of rotatable bonds is 3. The largest absolute Gasteiger partial charge is 0.326 e. The number of hydrogen-bond donors (Lipinski definition) is 1. The van der Waals surface area contributed by atoms with E-state index < -0.39 is 0 Å². The first-order chi connectivity index (χ1) is 8.50. The number of nitrogens with two attached hydrogens (primary N) is 1. The second-order valence-electron chi connectivity index (χ2n) is 4.36. The first-order valence-electron chi connectivity index (χ1n) is 5.73. The van der Waals surface area contributed by atoms with Crippen molar-refractivity contribution in [1.82, 2.24) is 9.55 Å². The standard InChI is InChI=1S/C13H15Cl2N3/c1-8(16)13-6-17-7-18(13)9(2)11-4-3-10(14)5-12(11)15/h3-9H,16H2,1-2H3/t8-,9?/m1/s1. The monoisotopic (exact) mass is 283 g/mol. The van der Waals surface area contributed by atoms with Crippen molar-refractivity contribution in [3.63, 3.8) is 0 Å². The topological polar surface area (TPSA) is 43.8 Å². The van der Waals surface area contributed by atoms with E-state index in [9.17, 15) is 0 Å². The van der Waals surface area contributed by atoms with Crippen LogP contribution in [0.4, 0.5) is 0 Å². The maximum atomic E-state index is 6.22. The molecule has 18 heavy (non-hydrogen) atoms. The van der Waals surface area contributed by atoms with Gasteiger partial charge in [-0.3, -0.25) is 0 Å². The van der Waals surface area contributed by atoms with Gasteiger partial charge >= 0.3 is 0 Å². The van der Waals surface area contributed by atoms with Crippen molar-refractivity contribution in [3.05, 3.63) is 52.0 Å². The van der Waals surface area contributed by atoms with Gasteiger partial charge in [0.25, 0.3) is 0 Å². The quantitative estimate of drug-likeness (QED) is 0.931. The van der Waals surface area contributed by atoms with E-state index in [2.05, 4.69) is 11.9 Å². The summed E-state index contributed by atoms with van der Waals surface area (Å²) in [4.78, 5) is 4.15. The predicted octanol–water partition coefficient (Wildman–Crippen LogP) is 3.82. The molecule has 1 aromatic carbocycles. The van der Waals surface area contributed by atoms with Gasteiger partial charge in [0.15, 0.2) is 0 Å². The van der Waals surface area contributed by atoms with Crippen LogP contribution in [-0.4, -0.2) is 9.55 Å². The summed E-state index contributed by atoms with van der Waals surface area (Å²) < 4.78 is 2.03. The van der Waals surface area contributed by atoms with Crippen LogP contribution in [0.5, 0.6) is 0 Å². The molecular formula is C13H15Cl2N3. The lowest BCUT2D eigenvalue weighted by Crippen LogP contribution is -2.15. The molecule has 0 aliphatic heterocycles. The smallest absolute Gasteiger partial charge is 0.0954 e. The SMILES string of the molecule is CC(c1ccc(Cl)cc1Cl)n1cncc1[C@@H](C)N. The van der Waals surface area contributed by atoms with E-state index >= 15 is 0 Å². The predicted molar refractivity (Wildman–Crippen MR) is 75.1 cm³/mol. The van der Waals surface area contributed by atoms with Crippen LogP contribution in [0, 0.1) is 0 Å². The minimum Gasteiger partial charge on any atom is -0.326 e. The zero-order valence-corrected chi connectivity index (χ0v) is 11.8. The third kappa shape index (κ3) is 2.53. The Bertz CT molecular complexity index is 549. The third-order valence-corrected chi connectivity index (χ3v) is 3.55. The number of hydrogen-bond acceptors (Lipinski definition) is 2. The average Bonchev–Trinajstić information content (AvgIpc) is 2.77. The summed E-state index contributed by atoms with van der Waals surface area (Å²) in [6, 6.07) is 5.51. The van der Waals surface area contributed by atoms with Crippen molar-refractivity contribution >= 4 is 23.2 Å². The second-order valence-corrected chi connectivity index (χ2v) is 5.20. The molecule has 0 aliphatic rings. The summed E-state index contributed by atoms with van der Waals surface area (Å²) in [5.74, 6) is 0. The Balaban J connectivity index is 2.41. The molecule has 1 unspecified atom stereocenters. The highest BCUT2D eigenvalue weighted by atomic mass is 35.5. The zero-order valence-electron chi connectivity index (χ0n) is 10.3. The first-order valence-corrected chi connectivity index (χ1v) is 6.48. The number of aromatic nitrogens is 2. The molecule has 0 saturated heterocycles. The second kappa shape index (κ2) is 5.31. The van der Waals surface area contributed by atoms with Crippen molar-refractivity contribution in [2.75, 3.05) is 0 Å². The van der Waals surface area contributed by atoms with Crippen LogP contribution in [-0.2, 0) is 0 Å². The van der Waals surface area contributed by atoms with E-state index in [1.54, 1.807) is 18.6 Å². The maximum absolute atomic E-state index is 6.22. The molecule has 2 aromatic rings. The van der Waals surface area contributed by atoms with E-state index in [1.807, 2.05) is 23.6 Å². The highest BCUT2D eigenvalue weighted by Crippen LogP contribution is 2.29. The van der Waals surface area contributed by atoms with Crippen molar-refractivity contribution in [2.45, 2.75) is 25.9 Å². The van der Waals surface area contributed by atoms with Crippen molar-refractivity contribution in [3.8, 4) is 0 Å². The van der Waals surface area contributed by atoms with Gasteiger partial charge in [-0.05, 0) is 31.5 Å². The molecule has 2 rings (SSSR count). The zero-order chi connectivity index (χ0) is 13.3. The molecule has 0 spiro atoms. The fourth-order valence-electron chi connectivity index (χ4n) is 1.98. The van der Waals surface area contributed by atoms with E-state index in [0.717, 1.165) is 11.3 Å². The molecule has 0 radical (unpaired) electrons. The Hall–Kier alpha value is -1.03. The van der Waals surface area contributed by atoms with E-state index in [1.165, 1.54) is 0 Å². The fourth-order valence-corrected chi connectivity index (χ4v) is 2.55. The lowest BCUT2D eigenvalue weighted by molar-refractivity contribution is 0.582. The molecule has 0 fully saturated rings. The number of nitrogens with zero attached hydrogens (tertiary/aromatic N) is 2. The van der Waals surface area contributed by atoms with Gasteiger partial charge in [0.1, 0.15) is 0 Å². The summed E-state index contributed by atoms with van der Waals surface area (Å²) in [5.41, 5.74) is 7.90. The minimum atomic E-state index is -0.0685. The molecule has 0 amide bonds. The Morgan fingerprint density at radius 1 is 1.28 bits per heavy atom. The van der Waals surface area contributed by atoms with Gasteiger partial charge in [0.2, 0.25) is 0 Å². The molecular weight excluding hydrogens is 269 g/mol. The molecule has 0 bridgehead atoms. The summed E-state index contributed by atoms with van der Waals surface area (Å²) >= 11 is 12.1. The number of imidazole rings is 1. The van der Waals surface area contributed by atoms with Gasteiger partial charge < -0.3 is 10.3 Å². The van der Waals surface area contributed by atoms with Gasteiger partial charge in [-0.2, -0.15) is 0 Å². The van der Waals surface area contributed by atoms with Crippen LogP contribution in [0.25, 0.3) is 0 Å². The van der Waals surface area contributed by atoms with Gasteiger partial charge in [-0.1, -0.05) is 29.3 Å². The van der Waals surface area contributed by atoms with Crippen molar-refractivity contribution in [1.29, 1.82) is 0 Å². The molecule has 0 aliphatic carbocycles. The van der Waals surface area contributed by atoms with Crippen molar-refractivity contribution in [2.24, 2.45) is 5.73 Å². The van der Waals surface area contributed by atoms with Crippen LogP contribution < -0.4 is 5.73 Å². The number of halogens is 2. The lowest BCUT2D eigenvalue weighted by atomic mass is 10.1. The van der Waals surface area contributed by atoms with Crippen LogP contribution >= 0.6 is 23.2 Å². The average molecular weight is 284 g/mol. The van der Waals surface area contributed by atoms with E-state index in [4.69, 9.17) is 28.9 Å². The van der Waals surface area contributed by atoms with Crippen LogP contribution in [0.3, 0.4) is 0 Å². The summed E-state index contributed by atoms with van der Waals surface area (Å²) in [5, 5.41) is 1.29. The summed E-state index contributed by atoms with van der Waals surface area (Å²) in [6.45, 7) is 3.99. The minimum absolute atomic E-state index is 0.0678. The molecule has 0 saturated carbocycles. The molecule has 1 aromatic heterocycles. The molecule has 1 heterocycles. The molecule has 2 atom stereocenters. The highest BCUT2D eigenvalue weighted by Gasteiger charge is 2.16. The maximum Gasteiger partial charge on any atom is 0.0954 e. The van der Waals surface area contributed by atoms with Crippen LogP contribution in [0.1, 0.15) is 37.2 Å². The van der Waals surface area contributed by atoms with Gasteiger partial charge in [0.05, 0.1) is 18.1 Å². The van der Waals surface area contributed by atoms with Crippen molar-refractivity contribution < 1.29 is 0 Å². The Morgan fingerprint density at radius 2 is 2.00 bits per heavy atom. The van der Waals surface area contributed by atoms with Gasteiger partial charge in [-0.15, -0.1) is 0 Å². The number of benzene rings is 1. The highest BCUT2D eigenvalue weighted by molar-refractivity contribution is 6.35. The van der Waals surface area contributed by atoms with E-state index in [-0.39, 0.29) is 12.1 Å².